The minimum Gasteiger partial charge on any atom is -0.489 e. The Balaban J connectivity index is 1.50. The molecule has 1 fully saturated rings. The maximum absolute atomic E-state index is 13.4. The number of benzene rings is 2. The third-order valence-electron chi connectivity index (χ3n) is 3.72. The molecule has 7 nitrogen and oxygen atoms in total. The maximum atomic E-state index is 13.4. The fraction of sp³-hybridized carbons (Fsp3) is 0.167. The topological polar surface area (TPSA) is 87.7 Å². The van der Waals surface area contributed by atoms with Crippen LogP contribution in [-0.2, 0) is 4.79 Å². The van der Waals surface area contributed by atoms with Crippen molar-refractivity contribution in [1.82, 2.24) is 10.6 Å². The highest BCUT2D eigenvalue weighted by Crippen LogP contribution is 2.18. The van der Waals surface area contributed by atoms with Crippen LogP contribution in [0.1, 0.15) is 10.4 Å². The minimum atomic E-state index is -0.488. The fourth-order valence-electron chi connectivity index (χ4n) is 2.43. The lowest BCUT2D eigenvalue weighted by Gasteiger charge is -2.13. The highest BCUT2D eigenvalue weighted by atomic mass is 19.1. The first-order valence-electron chi connectivity index (χ1n) is 7.91. The predicted octanol–water partition coefficient (Wildman–Crippen LogP) is 1.69. The van der Waals surface area contributed by atoms with Gasteiger partial charge in [-0.15, -0.1) is 0 Å². The first kappa shape index (κ1) is 17.4. The van der Waals surface area contributed by atoms with Gasteiger partial charge in [-0.1, -0.05) is 12.1 Å². The van der Waals surface area contributed by atoms with Gasteiger partial charge in [-0.25, -0.2) is 9.18 Å². The number of hydrogen-bond acceptors (Lipinski definition) is 4. The second-order valence-electron chi connectivity index (χ2n) is 5.52. The standard InChI is InChI=1S/C18H16FN3O4/c19-14-3-1-2-4-15(14)26-10-9-20-17(24)12-5-7-13(8-6-12)22-11-16(23)21-18(22)25/h1-8H,9-11H2,(H,20,24)(H,21,23,25). The zero-order chi connectivity index (χ0) is 18.5. The molecule has 4 amide bonds. The Bertz CT molecular complexity index is 839. The van der Waals surface area contributed by atoms with Crippen molar-refractivity contribution in [2.45, 2.75) is 0 Å². The third kappa shape index (κ3) is 3.97. The molecule has 134 valence electrons. The third-order valence-corrected chi connectivity index (χ3v) is 3.72. The van der Waals surface area contributed by atoms with Crippen LogP contribution < -0.4 is 20.3 Å². The first-order valence-corrected chi connectivity index (χ1v) is 7.91. The predicted molar refractivity (Wildman–Crippen MR) is 91.6 cm³/mol. The molecule has 0 aromatic heterocycles. The molecule has 1 aliphatic heterocycles. The number of rotatable bonds is 6. The van der Waals surface area contributed by atoms with Gasteiger partial charge in [0.25, 0.3) is 5.91 Å². The van der Waals surface area contributed by atoms with Crippen LogP contribution in [0.15, 0.2) is 48.5 Å². The number of urea groups is 1. The largest absolute Gasteiger partial charge is 0.489 e. The van der Waals surface area contributed by atoms with Gasteiger partial charge in [-0.2, -0.15) is 0 Å². The number of amides is 4. The van der Waals surface area contributed by atoms with E-state index >= 15 is 0 Å². The van der Waals surface area contributed by atoms with Crippen LogP contribution in [0.3, 0.4) is 0 Å². The highest BCUT2D eigenvalue weighted by Gasteiger charge is 2.27. The van der Waals surface area contributed by atoms with Crippen LogP contribution in [0.2, 0.25) is 0 Å². The molecule has 1 heterocycles. The van der Waals surface area contributed by atoms with Crippen LogP contribution in [0.4, 0.5) is 14.9 Å². The Kier molecular flexibility index (Phi) is 5.12. The summed E-state index contributed by atoms with van der Waals surface area (Å²) >= 11 is 0. The number of halogens is 1. The van der Waals surface area contributed by atoms with E-state index in [1.54, 1.807) is 36.4 Å². The molecule has 0 aliphatic carbocycles. The molecule has 8 heteroatoms. The molecule has 0 bridgehead atoms. The summed E-state index contributed by atoms with van der Waals surface area (Å²) in [7, 11) is 0. The van der Waals surface area contributed by atoms with Gasteiger partial charge in [0.2, 0.25) is 5.91 Å². The number of anilines is 1. The Morgan fingerprint density at radius 3 is 2.54 bits per heavy atom. The normalized spacial score (nSPS) is 13.5. The molecule has 2 N–H and O–H groups in total. The molecule has 0 spiro atoms. The number of ether oxygens (including phenoxy) is 1. The first-order chi connectivity index (χ1) is 12.5. The molecule has 0 unspecified atom stereocenters. The summed E-state index contributed by atoms with van der Waals surface area (Å²) in [6.07, 6.45) is 0. The lowest BCUT2D eigenvalue weighted by atomic mass is 10.2. The molecule has 3 rings (SSSR count). The number of nitrogens with one attached hydrogen (secondary N) is 2. The average Bonchev–Trinajstić information content (AvgIpc) is 2.98. The van der Waals surface area contributed by atoms with Crippen LogP contribution in [0.5, 0.6) is 5.75 Å². The average molecular weight is 357 g/mol. The molecule has 1 saturated heterocycles. The molecule has 2 aromatic rings. The molecule has 2 aromatic carbocycles. The molecular weight excluding hydrogens is 341 g/mol. The van der Waals surface area contributed by atoms with Crippen molar-refractivity contribution in [3.8, 4) is 5.75 Å². The Hall–Kier alpha value is -3.42. The van der Waals surface area contributed by atoms with E-state index in [4.69, 9.17) is 4.74 Å². The Morgan fingerprint density at radius 1 is 1.15 bits per heavy atom. The van der Waals surface area contributed by atoms with E-state index < -0.39 is 11.8 Å². The minimum absolute atomic E-state index is 0.0439. The quantitative estimate of drug-likeness (QED) is 0.608. The van der Waals surface area contributed by atoms with Crippen molar-refractivity contribution in [2.24, 2.45) is 0 Å². The maximum Gasteiger partial charge on any atom is 0.329 e. The van der Waals surface area contributed by atoms with Crippen LogP contribution >= 0.6 is 0 Å². The van der Waals surface area contributed by atoms with Gasteiger partial charge in [0.1, 0.15) is 13.2 Å². The van der Waals surface area contributed by atoms with Crippen molar-refractivity contribution in [3.05, 3.63) is 59.9 Å². The number of hydrogen-bond donors (Lipinski definition) is 2. The van der Waals surface area contributed by atoms with E-state index in [0.717, 1.165) is 0 Å². The number of para-hydroxylation sites is 1. The van der Waals surface area contributed by atoms with Crippen LogP contribution in [0.25, 0.3) is 0 Å². The number of nitrogens with zero attached hydrogens (tertiary/aromatic N) is 1. The number of carbonyl (C=O) groups excluding carboxylic acids is 3. The van der Waals surface area contributed by atoms with E-state index in [-0.39, 0.29) is 37.3 Å². The van der Waals surface area contributed by atoms with Crippen molar-refractivity contribution < 1.29 is 23.5 Å². The molecule has 26 heavy (non-hydrogen) atoms. The van der Waals surface area contributed by atoms with Crippen LogP contribution in [0, 0.1) is 5.82 Å². The van der Waals surface area contributed by atoms with Crippen molar-refractivity contribution in [2.75, 3.05) is 24.6 Å². The smallest absolute Gasteiger partial charge is 0.329 e. The molecule has 0 radical (unpaired) electrons. The summed E-state index contributed by atoms with van der Waals surface area (Å²) in [4.78, 5) is 36.2. The van der Waals surface area contributed by atoms with Gasteiger partial charge in [0.05, 0.1) is 6.54 Å². The van der Waals surface area contributed by atoms with Crippen molar-refractivity contribution >= 4 is 23.5 Å². The summed E-state index contributed by atoms with van der Waals surface area (Å²) in [6.45, 7) is 0.288. The van der Waals surface area contributed by atoms with Crippen molar-refractivity contribution in [1.29, 1.82) is 0 Å². The molecule has 0 atom stereocenters. The Labute approximate surface area is 148 Å². The van der Waals surface area contributed by atoms with Crippen LogP contribution in [-0.4, -0.2) is 37.5 Å². The monoisotopic (exact) mass is 357 g/mol. The summed E-state index contributed by atoms with van der Waals surface area (Å²) in [5, 5.41) is 4.84. The zero-order valence-corrected chi connectivity index (χ0v) is 13.7. The molecule has 0 saturated carbocycles. The van der Waals surface area contributed by atoms with E-state index in [1.165, 1.54) is 17.0 Å². The van der Waals surface area contributed by atoms with Crippen molar-refractivity contribution in [3.63, 3.8) is 0 Å². The second kappa shape index (κ2) is 7.64. The van der Waals surface area contributed by atoms with Gasteiger partial charge in [-0.05, 0) is 36.4 Å². The fourth-order valence-corrected chi connectivity index (χ4v) is 2.43. The number of carbonyl (C=O) groups is 3. The zero-order valence-electron chi connectivity index (χ0n) is 13.7. The van der Waals surface area contributed by atoms with E-state index in [1.807, 2.05) is 0 Å². The summed E-state index contributed by atoms with van der Waals surface area (Å²) in [5.41, 5.74) is 0.915. The molecular formula is C18H16FN3O4. The van der Waals surface area contributed by atoms with E-state index in [2.05, 4.69) is 10.6 Å². The second-order valence-corrected chi connectivity index (χ2v) is 5.52. The summed E-state index contributed by atoms with van der Waals surface area (Å²) < 4.78 is 18.7. The van der Waals surface area contributed by atoms with Gasteiger partial charge in [0, 0.05) is 11.3 Å². The van der Waals surface area contributed by atoms with Gasteiger partial charge in [0.15, 0.2) is 11.6 Å². The number of imide groups is 1. The highest BCUT2D eigenvalue weighted by molar-refractivity contribution is 6.12. The Morgan fingerprint density at radius 2 is 1.88 bits per heavy atom. The van der Waals surface area contributed by atoms with E-state index in [9.17, 15) is 18.8 Å². The van der Waals surface area contributed by atoms with Gasteiger partial charge < -0.3 is 10.1 Å². The summed E-state index contributed by atoms with van der Waals surface area (Å²) in [5.74, 6) is -1.02. The van der Waals surface area contributed by atoms with Gasteiger partial charge in [-0.3, -0.25) is 19.8 Å². The van der Waals surface area contributed by atoms with Gasteiger partial charge >= 0.3 is 6.03 Å². The molecule has 1 aliphatic rings. The lowest BCUT2D eigenvalue weighted by molar-refractivity contribution is -0.117. The summed E-state index contributed by atoms with van der Waals surface area (Å²) in [6, 6.07) is 11.8. The van der Waals surface area contributed by atoms with E-state index in [0.29, 0.717) is 11.3 Å². The SMILES string of the molecule is O=C1CN(c2ccc(C(=O)NCCOc3ccccc3F)cc2)C(=O)N1. The lowest BCUT2D eigenvalue weighted by Crippen LogP contribution is -2.29.